The number of aryl methyl sites for hydroxylation is 2. The smallest absolute Gasteiger partial charge is 0.0827 e. The molecule has 0 aliphatic carbocycles. The van der Waals surface area contributed by atoms with Crippen molar-refractivity contribution in [2.24, 2.45) is 0 Å². The summed E-state index contributed by atoms with van der Waals surface area (Å²) >= 11 is 0. The van der Waals surface area contributed by atoms with Crippen LogP contribution >= 0.6 is 0 Å². The Morgan fingerprint density at radius 2 is 1.88 bits per heavy atom. The number of hydrogen-bond donors (Lipinski definition) is 1. The minimum Gasteiger partial charge on any atom is -0.366 e. The van der Waals surface area contributed by atoms with Gasteiger partial charge in [-0.3, -0.25) is 10.00 Å². The Morgan fingerprint density at radius 1 is 1.19 bits per heavy atom. The van der Waals surface area contributed by atoms with E-state index in [4.69, 9.17) is 0 Å². The van der Waals surface area contributed by atoms with Gasteiger partial charge in [0.25, 0.3) is 0 Å². The standard InChI is InChI=1S/C12H22N4/c1-4-5-15-6-8-16(9-7-15)12-10(2)13-14-11(12)3/h4-9H2,1-3H3,(H,13,14). The molecule has 2 heterocycles. The number of anilines is 1. The van der Waals surface area contributed by atoms with Crippen molar-refractivity contribution in [2.75, 3.05) is 37.6 Å². The molecule has 1 aliphatic rings. The number of hydrogen-bond acceptors (Lipinski definition) is 3. The van der Waals surface area contributed by atoms with Crippen molar-refractivity contribution in [2.45, 2.75) is 27.2 Å². The third-order valence-corrected chi connectivity index (χ3v) is 3.32. The van der Waals surface area contributed by atoms with Crippen molar-refractivity contribution in [3.8, 4) is 0 Å². The summed E-state index contributed by atoms with van der Waals surface area (Å²) in [6, 6.07) is 0. The van der Waals surface area contributed by atoms with E-state index >= 15 is 0 Å². The maximum Gasteiger partial charge on any atom is 0.0827 e. The summed E-state index contributed by atoms with van der Waals surface area (Å²) in [5, 5.41) is 7.33. The fourth-order valence-corrected chi connectivity index (χ4v) is 2.52. The molecule has 4 heteroatoms. The molecular weight excluding hydrogens is 200 g/mol. The molecular formula is C12H22N4. The monoisotopic (exact) mass is 222 g/mol. The maximum atomic E-state index is 4.27. The second kappa shape index (κ2) is 4.87. The Kier molecular flexibility index (Phi) is 3.49. The molecule has 0 saturated carbocycles. The lowest BCUT2D eigenvalue weighted by atomic mass is 10.2. The van der Waals surface area contributed by atoms with E-state index in [1.54, 1.807) is 0 Å². The average molecular weight is 222 g/mol. The van der Waals surface area contributed by atoms with E-state index in [1.807, 2.05) is 0 Å². The topological polar surface area (TPSA) is 35.2 Å². The van der Waals surface area contributed by atoms with Crippen LogP contribution in [0.3, 0.4) is 0 Å². The molecule has 0 amide bonds. The Hall–Kier alpha value is -1.03. The summed E-state index contributed by atoms with van der Waals surface area (Å²) in [5.74, 6) is 0. The van der Waals surface area contributed by atoms with E-state index in [2.05, 4.69) is 40.8 Å². The van der Waals surface area contributed by atoms with Crippen LogP contribution < -0.4 is 4.90 Å². The largest absolute Gasteiger partial charge is 0.366 e. The molecule has 1 aromatic rings. The quantitative estimate of drug-likeness (QED) is 0.843. The Morgan fingerprint density at radius 3 is 2.38 bits per heavy atom. The fraction of sp³-hybridized carbons (Fsp3) is 0.750. The number of nitrogens with one attached hydrogen (secondary N) is 1. The lowest BCUT2D eigenvalue weighted by Crippen LogP contribution is -2.46. The van der Waals surface area contributed by atoms with Crippen molar-refractivity contribution >= 4 is 5.69 Å². The number of piperazine rings is 1. The Labute approximate surface area is 97.6 Å². The number of H-pyrrole nitrogens is 1. The van der Waals surface area contributed by atoms with Gasteiger partial charge in [0.1, 0.15) is 0 Å². The Balaban J connectivity index is 1.99. The molecule has 0 unspecified atom stereocenters. The first-order valence-corrected chi connectivity index (χ1v) is 6.21. The molecule has 1 aromatic heterocycles. The number of aromatic nitrogens is 2. The van der Waals surface area contributed by atoms with Gasteiger partial charge < -0.3 is 4.90 Å². The van der Waals surface area contributed by atoms with E-state index in [1.165, 1.54) is 37.4 Å². The summed E-state index contributed by atoms with van der Waals surface area (Å²) in [5.41, 5.74) is 3.64. The number of aromatic amines is 1. The van der Waals surface area contributed by atoms with Crippen LogP contribution in [-0.4, -0.2) is 47.8 Å². The van der Waals surface area contributed by atoms with Crippen LogP contribution in [0.25, 0.3) is 0 Å². The molecule has 0 atom stereocenters. The Bertz CT molecular complexity index is 317. The van der Waals surface area contributed by atoms with E-state index in [-0.39, 0.29) is 0 Å². The molecule has 1 N–H and O–H groups in total. The van der Waals surface area contributed by atoms with Gasteiger partial charge in [-0.2, -0.15) is 5.10 Å². The lowest BCUT2D eigenvalue weighted by Gasteiger charge is -2.36. The van der Waals surface area contributed by atoms with Crippen LogP contribution in [0.1, 0.15) is 24.7 Å². The van der Waals surface area contributed by atoms with E-state index in [0.717, 1.165) is 18.8 Å². The van der Waals surface area contributed by atoms with E-state index in [9.17, 15) is 0 Å². The fourth-order valence-electron chi connectivity index (χ4n) is 2.52. The number of nitrogens with zero attached hydrogens (tertiary/aromatic N) is 3. The molecule has 0 aromatic carbocycles. The highest BCUT2D eigenvalue weighted by Crippen LogP contribution is 2.23. The van der Waals surface area contributed by atoms with Crippen molar-refractivity contribution < 1.29 is 0 Å². The van der Waals surface area contributed by atoms with Gasteiger partial charge in [0.05, 0.1) is 17.1 Å². The van der Waals surface area contributed by atoms with Gasteiger partial charge in [0.15, 0.2) is 0 Å². The summed E-state index contributed by atoms with van der Waals surface area (Å²) < 4.78 is 0. The van der Waals surface area contributed by atoms with Gasteiger partial charge >= 0.3 is 0 Å². The van der Waals surface area contributed by atoms with Crippen LogP contribution in [0.5, 0.6) is 0 Å². The summed E-state index contributed by atoms with van der Waals surface area (Å²) in [4.78, 5) is 5.00. The first-order chi connectivity index (χ1) is 7.72. The van der Waals surface area contributed by atoms with E-state index < -0.39 is 0 Å². The SMILES string of the molecule is CCCN1CCN(c2c(C)n[nH]c2C)CC1. The third-order valence-electron chi connectivity index (χ3n) is 3.32. The molecule has 0 radical (unpaired) electrons. The molecule has 0 bridgehead atoms. The first-order valence-electron chi connectivity index (χ1n) is 6.21. The normalized spacial score (nSPS) is 18.1. The van der Waals surface area contributed by atoms with Crippen molar-refractivity contribution in [1.29, 1.82) is 0 Å². The van der Waals surface area contributed by atoms with Gasteiger partial charge in [0, 0.05) is 26.2 Å². The zero-order chi connectivity index (χ0) is 11.5. The second-order valence-corrected chi connectivity index (χ2v) is 4.61. The molecule has 1 saturated heterocycles. The molecule has 1 fully saturated rings. The third kappa shape index (κ3) is 2.21. The van der Waals surface area contributed by atoms with Crippen LogP contribution in [0.4, 0.5) is 5.69 Å². The molecule has 4 nitrogen and oxygen atoms in total. The summed E-state index contributed by atoms with van der Waals surface area (Å²) in [7, 11) is 0. The molecule has 90 valence electrons. The predicted octanol–water partition coefficient (Wildman–Crippen LogP) is 1.56. The van der Waals surface area contributed by atoms with Crippen molar-refractivity contribution in [1.82, 2.24) is 15.1 Å². The molecule has 0 spiro atoms. The van der Waals surface area contributed by atoms with Crippen LogP contribution in [0.15, 0.2) is 0 Å². The lowest BCUT2D eigenvalue weighted by molar-refractivity contribution is 0.258. The van der Waals surface area contributed by atoms with Gasteiger partial charge in [-0.1, -0.05) is 6.92 Å². The first kappa shape index (κ1) is 11.5. The molecule has 1 aliphatic heterocycles. The minimum atomic E-state index is 1.13. The van der Waals surface area contributed by atoms with Crippen molar-refractivity contribution in [3.05, 3.63) is 11.4 Å². The zero-order valence-electron chi connectivity index (χ0n) is 10.6. The zero-order valence-corrected chi connectivity index (χ0v) is 10.6. The van der Waals surface area contributed by atoms with E-state index in [0.29, 0.717) is 0 Å². The predicted molar refractivity (Wildman–Crippen MR) is 67.0 cm³/mol. The highest BCUT2D eigenvalue weighted by atomic mass is 15.3. The van der Waals surface area contributed by atoms with Crippen LogP contribution in [0, 0.1) is 13.8 Å². The van der Waals surface area contributed by atoms with Gasteiger partial charge in [-0.25, -0.2) is 0 Å². The van der Waals surface area contributed by atoms with Gasteiger partial charge in [0.2, 0.25) is 0 Å². The van der Waals surface area contributed by atoms with Crippen LogP contribution in [0.2, 0.25) is 0 Å². The maximum absolute atomic E-state index is 4.27. The van der Waals surface area contributed by atoms with Crippen LogP contribution in [-0.2, 0) is 0 Å². The minimum absolute atomic E-state index is 1.13. The van der Waals surface area contributed by atoms with Crippen molar-refractivity contribution in [3.63, 3.8) is 0 Å². The molecule has 2 rings (SSSR count). The van der Waals surface area contributed by atoms with Gasteiger partial charge in [-0.05, 0) is 26.8 Å². The second-order valence-electron chi connectivity index (χ2n) is 4.61. The number of rotatable bonds is 3. The van der Waals surface area contributed by atoms with Gasteiger partial charge in [-0.15, -0.1) is 0 Å². The summed E-state index contributed by atoms with van der Waals surface area (Å²) in [6.07, 6.45) is 1.25. The highest BCUT2D eigenvalue weighted by Gasteiger charge is 2.20. The molecule has 16 heavy (non-hydrogen) atoms. The summed E-state index contributed by atoms with van der Waals surface area (Å²) in [6.45, 7) is 12.3. The highest BCUT2D eigenvalue weighted by molar-refractivity contribution is 5.54. The average Bonchev–Trinajstić information content (AvgIpc) is 2.61.